The van der Waals surface area contributed by atoms with Crippen LogP contribution < -0.4 is 11.1 Å². The number of pyridine rings is 1. The van der Waals surface area contributed by atoms with Crippen LogP contribution in [0.2, 0.25) is 0 Å². The van der Waals surface area contributed by atoms with E-state index in [1.54, 1.807) is 11.8 Å². The zero-order valence-corrected chi connectivity index (χ0v) is 11.0. The Kier molecular flexibility index (Phi) is 3.75. The first-order chi connectivity index (χ1) is 8.58. The second-order valence-corrected chi connectivity index (χ2v) is 5.76. The molecule has 0 unspecified atom stereocenters. The maximum absolute atomic E-state index is 13.6. The third-order valence-corrected chi connectivity index (χ3v) is 4.85. The third-order valence-electron chi connectivity index (χ3n) is 3.43. The number of aromatic nitrogens is 1. The third kappa shape index (κ3) is 2.43. The number of anilines is 1. The van der Waals surface area contributed by atoms with Gasteiger partial charge in [-0.15, -0.1) is 0 Å². The number of halogens is 1. The topological polar surface area (TPSA) is 68.0 Å². The van der Waals surface area contributed by atoms with Crippen LogP contribution in [0.1, 0.15) is 29.6 Å². The van der Waals surface area contributed by atoms with Crippen LogP contribution in [0.5, 0.6) is 0 Å². The Hall–Kier alpha value is -1.30. The molecule has 1 saturated carbocycles. The van der Waals surface area contributed by atoms with Gasteiger partial charge in [-0.1, -0.05) is 6.42 Å². The monoisotopic (exact) mass is 269 g/mol. The summed E-state index contributed by atoms with van der Waals surface area (Å²) in [5.74, 6) is -1.42. The molecule has 0 bridgehead atoms. The van der Waals surface area contributed by atoms with Gasteiger partial charge in [0, 0.05) is 17.5 Å². The number of nitrogen functional groups attached to an aromatic ring is 1. The smallest absolute Gasteiger partial charge is 0.254 e. The molecule has 1 aromatic heterocycles. The van der Waals surface area contributed by atoms with Crippen LogP contribution in [-0.2, 0) is 0 Å². The fourth-order valence-corrected chi connectivity index (χ4v) is 2.91. The predicted molar refractivity (Wildman–Crippen MR) is 71.0 cm³/mol. The summed E-state index contributed by atoms with van der Waals surface area (Å²) in [6.07, 6.45) is 6.75. The standard InChI is InChI=1S/C12H16FN3OS/c1-18-12(4-2-5-12)7-16-11(17)8-3-6-15-10(14)9(8)13/h3,6H,2,4-5,7H2,1H3,(H2,14,15)(H,16,17). The van der Waals surface area contributed by atoms with Gasteiger partial charge in [-0.3, -0.25) is 4.79 Å². The first-order valence-corrected chi connectivity index (χ1v) is 7.04. The predicted octanol–water partition coefficient (Wildman–Crippen LogP) is 1.82. The first-order valence-electron chi connectivity index (χ1n) is 5.81. The number of hydrogen-bond acceptors (Lipinski definition) is 4. The molecule has 3 N–H and O–H groups in total. The van der Waals surface area contributed by atoms with Gasteiger partial charge in [0.1, 0.15) is 0 Å². The largest absolute Gasteiger partial charge is 0.381 e. The highest BCUT2D eigenvalue weighted by atomic mass is 32.2. The number of carbonyl (C=O) groups is 1. The molecule has 1 aromatic rings. The van der Waals surface area contributed by atoms with Crippen LogP contribution in [-0.4, -0.2) is 28.4 Å². The molecule has 0 radical (unpaired) electrons. The summed E-state index contributed by atoms with van der Waals surface area (Å²) in [7, 11) is 0. The molecule has 1 fully saturated rings. The minimum absolute atomic E-state index is 0.0434. The van der Waals surface area contributed by atoms with Gasteiger partial charge >= 0.3 is 0 Å². The second kappa shape index (κ2) is 5.14. The van der Waals surface area contributed by atoms with Gasteiger partial charge in [0.15, 0.2) is 11.6 Å². The quantitative estimate of drug-likeness (QED) is 0.875. The summed E-state index contributed by atoms with van der Waals surface area (Å²) in [5, 5.41) is 2.78. The summed E-state index contributed by atoms with van der Waals surface area (Å²) in [6, 6.07) is 1.34. The van der Waals surface area contributed by atoms with Crippen LogP contribution in [0.15, 0.2) is 12.3 Å². The molecular formula is C12H16FN3OS. The van der Waals surface area contributed by atoms with Gasteiger partial charge in [0.2, 0.25) is 0 Å². The number of amides is 1. The maximum atomic E-state index is 13.6. The Balaban J connectivity index is 2.02. The average molecular weight is 269 g/mol. The van der Waals surface area contributed by atoms with Gasteiger partial charge in [-0.2, -0.15) is 11.8 Å². The molecular weight excluding hydrogens is 253 g/mol. The Labute approximate surface area is 110 Å². The van der Waals surface area contributed by atoms with Crippen LogP contribution in [0, 0.1) is 5.82 Å². The number of nitrogens with one attached hydrogen (secondary N) is 1. The van der Waals surface area contributed by atoms with Crippen molar-refractivity contribution in [3.8, 4) is 0 Å². The van der Waals surface area contributed by atoms with Crippen molar-refractivity contribution in [2.75, 3.05) is 18.5 Å². The lowest BCUT2D eigenvalue weighted by molar-refractivity contribution is 0.0940. The SMILES string of the molecule is CSC1(CNC(=O)c2ccnc(N)c2F)CCC1. The van der Waals surface area contributed by atoms with Gasteiger partial charge in [0.05, 0.1) is 5.56 Å². The van der Waals surface area contributed by atoms with Crippen molar-refractivity contribution in [1.29, 1.82) is 0 Å². The molecule has 0 saturated heterocycles. The van der Waals surface area contributed by atoms with Crippen LogP contribution >= 0.6 is 11.8 Å². The van der Waals surface area contributed by atoms with E-state index in [0.717, 1.165) is 12.8 Å². The van der Waals surface area contributed by atoms with E-state index in [9.17, 15) is 9.18 Å². The van der Waals surface area contributed by atoms with Crippen molar-refractivity contribution >= 4 is 23.5 Å². The molecule has 0 aliphatic heterocycles. The van der Waals surface area contributed by atoms with E-state index in [-0.39, 0.29) is 16.1 Å². The molecule has 0 spiro atoms. The van der Waals surface area contributed by atoms with Crippen molar-refractivity contribution in [3.05, 3.63) is 23.6 Å². The molecule has 18 heavy (non-hydrogen) atoms. The highest BCUT2D eigenvalue weighted by Crippen LogP contribution is 2.42. The average Bonchev–Trinajstić information content (AvgIpc) is 2.31. The lowest BCUT2D eigenvalue weighted by Crippen LogP contribution is -2.45. The summed E-state index contributed by atoms with van der Waals surface area (Å²) >= 11 is 1.76. The van der Waals surface area contributed by atoms with E-state index < -0.39 is 11.7 Å². The molecule has 0 aromatic carbocycles. The van der Waals surface area contributed by atoms with Gasteiger partial charge in [-0.25, -0.2) is 9.37 Å². The van der Waals surface area contributed by atoms with E-state index in [1.807, 2.05) is 6.26 Å². The second-order valence-electron chi connectivity index (χ2n) is 4.48. The van der Waals surface area contributed by atoms with Crippen LogP contribution in [0.4, 0.5) is 10.2 Å². The molecule has 98 valence electrons. The highest BCUT2D eigenvalue weighted by molar-refractivity contribution is 8.00. The van der Waals surface area contributed by atoms with E-state index in [2.05, 4.69) is 10.3 Å². The van der Waals surface area contributed by atoms with E-state index in [1.165, 1.54) is 18.7 Å². The number of thioether (sulfide) groups is 1. The number of carbonyl (C=O) groups excluding carboxylic acids is 1. The van der Waals surface area contributed by atoms with Gasteiger partial charge in [0.25, 0.3) is 5.91 Å². The lowest BCUT2D eigenvalue weighted by atomic mass is 9.84. The molecule has 1 aliphatic carbocycles. The molecule has 2 rings (SSSR count). The molecule has 1 aliphatic rings. The minimum atomic E-state index is -0.748. The molecule has 1 heterocycles. The van der Waals surface area contributed by atoms with E-state index >= 15 is 0 Å². The van der Waals surface area contributed by atoms with Crippen molar-refractivity contribution in [3.63, 3.8) is 0 Å². The van der Waals surface area contributed by atoms with Crippen molar-refractivity contribution in [1.82, 2.24) is 10.3 Å². The maximum Gasteiger partial charge on any atom is 0.254 e. The van der Waals surface area contributed by atoms with E-state index in [4.69, 9.17) is 5.73 Å². The van der Waals surface area contributed by atoms with Crippen molar-refractivity contribution < 1.29 is 9.18 Å². The molecule has 6 heteroatoms. The summed E-state index contributed by atoms with van der Waals surface area (Å²) in [5.41, 5.74) is 5.29. The summed E-state index contributed by atoms with van der Waals surface area (Å²) in [6.45, 7) is 0.564. The Morgan fingerprint density at radius 3 is 2.94 bits per heavy atom. The Morgan fingerprint density at radius 1 is 1.67 bits per heavy atom. The summed E-state index contributed by atoms with van der Waals surface area (Å²) in [4.78, 5) is 15.5. The lowest BCUT2D eigenvalue weighted by Gasteiger charge is -2.40. The normalized spacial score (nSPS) is 17.0. The fraction of sp³-hybridized carbons (Fsp3) is 0.500. The number of nitrogens with zero attached hydrogens (tertiary/aromatic N) is 1. The van der Waals surface area contributed by atoms with Crippen LogP contribution in [0.3, 0.4) is 0 Å². The van der Waals surface area contributed by atoms with Crippen molar-refractivity contribution in [2.45, 2.75) is 24.0 Å². The van der Waals surface area contributed by atoms with Crippen molar-refractivity contribution in [2.24, 2.45) is 0 Å². The number of rotatable bonds is 4. The zero-order valence-electron chi connectivity index (χ0n) is 10.2. The van der Waals surface area contributed by atoms with Gasteiger partial charge in [-0.05, 0) is 25.2 Å². The summed E-state index contributed by atoms with van der Waals surface area (Å²) < 4.78 is 13.7. The Morgan fingerprint density at radius 2 is 2.39 bits per heavy atom. The fourth-order valence-electron chi connectivity index (χ4n) is 2.00. The zero-order chi connectivity index (χ0) is 13.2. The minimum Gasteiger partial charge on any atom is -0.381 e. The number of nitrogens with two attached hydrogens (primary N) is 1. The van der Waals surface area contributed by atoms with E-state index in [0.29, 0.717) is 6.54 Å². The first kappa shape index (κ1) is 13.1. The molecule has 0 atom stereocenters. The van der Waals surface area contributed by atoms with Crippen LogP contribution in [0.25, 0.3) is 0 Å². The number of hydrogen-bond donors (Lipinski definition) is 2. The molecule has 4 nitrogen and oxygen atoms in total. The van der Waals surface area contributed by atoms with Gasteiger partial charge < -0.3 is 11.1 Å². The Bertz CT molecular complexity index is 457. The highest BCUT2D eigenvalue weighted by Gasteiger charge is 2.36. The molecule has 1 amide bonds.